The highest BCUT2D eigenvalue weighted by atomic mass is 35.5. The van der Waals surface area contributed by atoms with E-state index < -0.39 is 11.0 Å². The fourth-order valence-electron chi connectivity index (χ4n) is 1.93. The first-order valence-corrected chi connectivity index (χ1v) is 6.82. The van der Waals surface area contributed by atoms with Gasteiger partial charge in [-0.2, -0.15) is 0 Å². The van der Waals surface area contributed by atoms with Crippen LogP contribution in [-0.2, 0) is 6.54 Å². The highest BCUT2D eigenvalue weighted by molar-refractivity contribution is 6.31. The molecule has 6 heteroatoms. The molecular weight excluding hydrogens is 292 g/mol. The second kappa shape index (κ2) is 7.17. The van der Waals surface area contributed by atoms with Gasteiger partial charge in [0.15, 0.2) is 0 Å². The molecule has 0 bridgehead atoms. The van der Waals surface area contributed by atoms with Crippen molar-refractivity contribution >= 4 is 17.3 Å². The van der Waals surface area contributed by atoms with Gasteiger partial charge in [-0.15, -0.1) is 0 Å². The number of benzene rings is 2. The summed E-state index contributed by atoms with van der Waals surface area (Å²) in [4.78, 5) is 10.1. The van der Waals surface area contributed by atoms with Crippen molar-refractivity contribution in [1.82, 2.24) is 5.32 Å². The van der Waals surface area contributed by atoms with Crippen LogP contribution >= 0.6 is 11.6 Å². The average molecular weight is 307 g/mol. The van der Waals surface area contributed by atoms with Gasteiger partial charge in [0.2, 0.25) is 0 Å². The van der Waals surface area contributed by atoms with Gasteiger partial charge in [-0.05, 0) is 17.2 Å². The summed E-state index contributed by atoms with van der Waals surface area (Å²) in [5.41, 5.74) is 1.55. The SMILES string of the molecule is O=[N+]([O-])c1ccc(CNCC(O)c2ccccc2)c(Cl)c1. The summed E-state index contributed by atoms with van der Waals surface area (Å²) in [6, 6.07) is 13.7. The summed E-state index contributed by atoms with van der Waals surface area (Å²) < 4.78 is 0. The van der Waals surface area contributed by atoms with Crippen molar-refractivity contribution in [3.05, 3.63) is 74.8 Å². The number of hydrogen-bond acceptors (Lipinski definition) is 4. The Hall–Kier alpha value is -1.95. The minimum absolute atomic E-state index is 0.0342. The predicted molar refractivity (Wildman–Crippen MR) is 81.2 cm³/mol. The molecule has 2 aromatic carbocycles. The van der Waals surface area contributed by atoms with Gasteiger partial charge >= 0.3 is 0 Å². The largest absolute Gasteiger partial charge is 0.387 e. The number of nitrogens with one attached hydrogen (secondary N) is 1. The fourth-order valence-corrected chi connectivity index (χ4v) is 2.17. The number of aliphatic hydroxyl groups excluding tert-OH is 1. The molecule has 2 aromatic rings. The predicted octanol–water partition coefficient (Wildman–Crippen LogP) is 3.07. The first kappa shape index (κ1) is 15.4. The van der Waals surface area contributed by atoms with Gasteiger partial charge in [0.05, 0.1) is 16.0 Å². The van der Waals surface area contributed by atoms with Crippen molar-refractivity contribution < 1.29 is 10.0 Å². The molecule has 1 unspecified atom stereocenters. The minimum Gasteiger partial charge on any atom is -0.387 e. The van der Waals surface area contributed by atoms with Crippen molar-refractivity contribution in [2.75, 3.05) is 6.54 Å². The van der Waals surface area contributed by atoms with Crippen LogP contribution in [0.3, 0.4) is 0 Å². The molecule has 0 spiro atoms. The Morgan fingerprint density at radius 2 is 1.95 bits per heavy atom. The fraction of sp³-hybridized carbons (Fsp3) is 0.200. The van der Waals surface area contributed by atoms with Crippen molar-refractivity contribution in [2.45, 2.75) is 12.6 Å². The molecule has 0 fully saturated rings. The zero-order valence-electron chi connectivity index (χ0n) is 11.2. The lowest BCUT2D eigenvalue weighted by Gasteiger charge is -2.12. The van der Waals surface area contributed by atoms with Gasteiger partial charge in [0.25, 0.3) is 5.69 Å². The molecule has 1 atom stereocenters. The maximum atomic E-state index is 10.6. The maximum absolute atomic E-state index is 10.6. The topological polar surface area (TPSA) is 75.4 Å². The summed E-state index contributed by atoms with van der Waals surface area (Å²) >= 11 is 6.00. The molecule has 0 aliphatic rings. The van der Waals surface area contributed by atoms with E-state index in [4.69, 9.17) is 11.6 Å². The molecule has 0 saturated heterocycles. The Bertz CT molecular complexity index is 620. The monoisotopic (exact) mass is 306 g/mol. The Kier molecular flexibility index (Phi) is 5.27. The van der Waals surface area contributed by atoms with Gasteiger partial charge < -0.3 is 10.4 Å². The number of nitro benzene ring substituents is 1. The van der Waals surface area contributed by atoms with Crippen LogP contribution in [-0.4, -0.2) is 16.6 Å². The van der Waals surface area contributed by atoms with E-state index in [1.165, 1.54) is 12.1 Å². The number of halogens is 1. The molecule has 0 aromatic heterocycles. The van der Waals surface area contributed by atoms with Crippen LogP contribution in [0.4, 0.5) is 5.69 Å². The normalized spacial score (nSPS) is 12.1. The molecule has 0 aliphatic carbocycles. The van der Waals surface area contributed by atoms with E-state index in [9.17, 15) is 15.2 Å². The van der Waals surface area contributed by atoms with Gasteiger partial charge in [-0.3, -0.25) is 10.1 Å². The van der Waals surface area contributed by atoms with Gasteiger partial charge in [0.1, 0.15) is 0 Å². The van der Waals surface area contributed by atoms with Crippen molar-refractivity contribution in [3.63, 3.8) is 0 Å². The standard InChI is InChI=1S/C15H15ClN2O3/c16-14-8-13(18(20)21)7-6-12(14)9-17-10-15(19)11-4-2-1-3-5-11/h1-8,15,17,19H,9-10H2. The minimum atomic E-state index is -0.608. The second-order valence-corrected chi connectivity index (χ2v) is 5.00. The van der Waals surface area contributed by atoms with E-state index in [-0.39, 0.29) is 5.69 Å². The Morgan fingerprint density at radius 1 is 1.24 bits per heavy atom. The third-order valence-corrected chi connectivity index (χ3v) is 3.44. The van der Waals surface area contributed by atoms with Crippen molar-refractivity contribution in [3.8, 4) is 0 Å². The smallest absolute Gasteiger partial charge is 0.270 e. The van der Waals surface area contributed by atoms with E-state index in [2.05, 4.69) is 5.32 Å². The lowest BCUT2D eigenvalue weighted by atomic mass is 10.1. The van der Waals surface area contributed by atoms with Crippen LogP contribution in [0.1, 0.15) is 17.2 Å². The van der Waals surface area contributed by atoms with E-state index in [0.717, 1.165) is 11.1 Å². The second-order valence-electron chi connectivity index (χ2n) is 4.59. The highest BCUT2D eigenvalue weighted by Crippen LogP contribution is 2.22. The van der Waals surface area contributed by atoms with Crippen LogP contribution in [0, 0.1) is 10.1 Å². The Balaban J connectivity index is 1.90. The number of rotatable bonds is 6. The molecule has 21 heavy (non-hydrogen) atoms. The number of non-ortho nitro benzene ring substituents is 1. The van der Waals surface area contributed by atoms with Crippen LogP contribution in [0.5, 0.6) is 0 Å². The highest BCUT2D eigenvalue weighted by Gasteiger charge is 2.10. The third-order valence-electron chi connectivity index (χ3n) is 3.08. The average Bonchev–Trinajstić information content (AvgIpc) is 2.49. The lowest BCUT2D eigenvalue weighted by Crippen LogP contribution is -2.21. The van der Waals surface area contributed by atoms with Crippen LogP contribution in [0.15, 0.2) is 48.5 Å². The maximum Gasteiger partial charge on any atom is 0.270 e. The quantitative estimate of drug-likeness (QED) is 0.635. The molecule has 2 N–H and O–H groups in total. The van der Waals surface area contributed by atoms with E-state index in [1.807, 2.05) is 30.3 Å². The molecule has 0 amide bonds. The third kappa shape index (κ3) is 4.26. The number of nitrogens with zero attached hydrogens (tertiary/aromatic N) is 1. The van der Waals surface area contributed by atoms with Crippen molar-refractivity contribution in [1.29, 1.82) is 0 Å². The first-order chi connectivity index (χ1) is 10.1. The summed E-state index contributed by atoms with van der Waals surface area (Å²) in [7, 11) is 0. The summed E-state index contributed by atoms with van der Waals surface area (Å²) in [6.07, 6.45) is -0.608. The van der Waals surface area contributed by atoms with Crippen molar-refractivity contribution in [2.24, 2.45) is 0 Å². The van der Waals surface area contributed by atoms with Crippen LogP contribution in [0.25, 0.3) is 0 Å². The number of nitro groups is 1. The summed E-state index contributed by atoms with van der Waals surface area (Å²) in [6.45, 7) is 0.804. The van der Waals surface area contributed by atoms with Crippen LogP contribution < -0.4 is 5.32 Å². The molecule has 2 rings (SSSR count). The Labute approximate surface area is 127 Å². The molecule has 0 saturated carbocycles. The lowest BCUT2D eigenvalue weighted by molar-refractivity contribution is -0.384. The number of hydrogen-bond donors (Lipinski definition) is 2. The van der Waals surface area contributed by atoms with Gasteiger partial charge in [0, 0.05) is 25.2 Å². The zero-order valence-corrected chi connectivity index (χ0v) is 12.0. The van der Waals surface area contributed by atoms with E-state index in [1.54, 1.807) is 6.07 Å². The van der Waals surface area contributed by atoms with Crippen LogP contribution in [0.2, 0.25) is 5.02 Å². The molecule has 110 valence electrons. The Morgan fingerprint density at radius 3 is 2.57 bits per heavy atom. The first-order valence-electron chi connectivity index (χ1n) is 6.44. The van der Waals surface area contributed by atoms with E-state index in [0.29, 0.717) is 18.1 Å². The molecular formula is C15H15ClN2O3. The molecule has 0 aliphatic heterocycles. The van der Waals surface area contributed by atoms with E-state index >= 15 is 0 Å². The summed E-state index contributed by atoms with van der Waals surface area (Å²) in [5.74, 6) is 0. The molecule has 0 heterocycles. The van der Waals surface area contributed by atoms with Gasteiger partial charge in [-0.1, -0.05) is 41.9 Å². The molecule has 5 nitrogen and oxygen atoms in total. The number of aliphatic hydroxyl groups is 1. The summed E-state index contributed by atoms with van der Waals surface area (Å²) in [5, 5.41) is 24.0. The van der Waals surface area contributed by atoms with Gasteiger partial charge in [-0.25, -0.2) is 0 Å². The zero-order chi connectivity index (χ0) is 15.2. The molecule has 0 radical (unpaired) electrons.